The Balaban J connectivity index is 0.00000420. The summed E-state index contributed by atoms with van der Waals surface area (Å²) in [5.41, 5.74) is 0. The first-order valence-electron chi connectivity index (χ1n) is 10.3. The quantitative estimate of drug-likeness (QED) is 0.190. The fourth-order valence-corrected chi connectivity index (χ4v) is 2.86. The minimum absolute atomic E-state index is 0. The monoisotopic (exact) mass is 523 g/mol. The van der Waals surface area contributed by atoms with Gasteiger partial charge in [0, 0.05) is 52.5 Å². The van der Waals surface area contributed by atoms with Crippen LogP contribution in [-0.4, -0.2) is 58.6 Å². The van der Waals surface area contributed by atoms with Gasteiger partial charge in [-0.1, -0.05) is 0 Å². The average Bonchev–Trinajstić information content (AvgIpc) is 2.72. The highest BCUT2D eigenvalue weighted by Gasteiger charge is 2.13. The molecular weight excluding hydrogens is 488 g/mol. The largest absolute Gasteiger partial charge is 0.494 e. The highest BCUT2D eigenvalue weighted by Crippen LogP contribution is 2.14. The minimum atomic E-state index is -0.257. The zero-order chi connectivity index (χ0) is 19.9. The first-order chi connectivity index (χ1) is 13.8. The van der Waals surface area contributed by atoms with Crippen LogP contribution < -0.4 is 15.4 Å². The van der Waals surface area contributed by atoms with Crippen molar-refractivity contribution in [1.82, 2.24) is 10.6 Å². The number of hydrogen-bond donors (Lipinski definition) is 2. The molecule has 0 bridgehead atoms. The summed E-state index contributed by atoms with van der Waals surface area (Å²) in [4.78, 5) is 4.55. The molecule has 1 aliphatic rings. The molecule has 0 saturated carbocycles. The molecule has 166 valence electrons. The van der Waals surface area contributed by atoms with Gasteiger partial charge in [0.15, 0.2) is 5.96 Å². The fraction of sp³-hybridized carbons (Fsp3) is 0.667. The summed E-state index contributed by atoms with van der Waals surface area (Å²) in [6.45, 7) is 8.24. The molecule has 0 atom stereocenters. The molecule has 0 aliphatic carbocycles. The lowest BCUT2D eigenvalue weighted by molar-refractivity contribution is 0.0203. The zero-order valence-corrected chi connectivity index (χ0v) is 19.7. The molecule has 0 unspecified atom stereocenters. The van der Waals surface area contributed by atoms with Gasteiger partial charge in [0.1, 0.15) is 11.6 Å². The van der Waals surface area contributed by atoms with Crippen molar-refractivity contribution in [2.45, 2.75) is 32.6 Å². The Bertz CT molecular complexity index is 555. The van der Waals surface area contributed by atoms with Gasteiger partial charge < -0.3 is 24.8 Å². The third-order valence-corrected chi connectivity index (χ3v) is 4.45. The normalized spacial score (nSPS) is 14.9. The van der Waals surface area contributed by atoms with E-state index in [1.807, 2.05) is 6.92 Å². The molecule has 0 spiro atoms. The molecule has 0 aromatic heterocycles. The third kappa shape index (κ3) is 12.2. The Labute approximate surface area is 191 Å². The summed E-state index contributed by atoms with van der Waals surface area (Å²) >= 11 is 0. The van der Waals surface area contributed by atoms with E-state index in [1.54, 1.807) is 12.1 Å². The molecule has 1 aliphatic heterocycles. The number of halogens is 2. The van der Waals surface area contributed by atoms with Crippen LogP contribution in [0.1, 0.15) is 32.6 Å². The molecule has 6 nitrogen and oxygen atoms in total. The molecular formula is C21H35FIN3O3. The molecule has 2 N–H and O–H groups in total. The van der Waals surface area contributed by atoms with Gasteiger partial charge in [0.2, 0.25) is 0 Å². The van der Waals surface area contributed by atoms with Crippen LogP contribution >= 0.6 is 24.0 Å². The summed E-state index contributed by atoms with van der Waals surface area (Å²) < 4.78 is 29.6. The summed E-state index contributed by atoms with van der Waals surface area (Å²) in [6.07, 6.45) is 3.96. The number of nitrogens with one attached hydrogen (secondary N) is 2. The molecule has 0 amide bonds. The van der Waals surface area contributed by atoms with Crippen LogP contribution in [0.15, 0.2) is 29.3 Å². The van der Waals surface area contributed by atoms with Gasteiger partial charge in [-0.3, -0.25) is 4.99 Å². The number of aliphatic imine (C=N–C) groups is 1. The first-order valence-corrected chi connectivity index (χ1v) is 10.3. The van der Waals surface area contributed by atoms with E-state index < -0.39 is 0 Å². The van der Waals surface area contributed by atoms with Crippen LogP contribution in [0.2, 0.25) is 0 Å². The Kier molecular flexibility index (Phi) is 14.9. The van der Waals surface area contributed by atoms with Crippen LogP contribution in [0.3, 0.4) is 0 Å². The van der Waals surface area contributed by atoms with Gasteiger partial charge >= 0.3 is 0 Å². The van der Waals surface area contributed by atoms with Gasteiger partial charge in [-0.25, -0.2) is 4.39 Å². The highest BCUT2D eigenvalue weighted by atomic mass is 127. The van der Waals surface area contributed by atoms with Crippen molar-refractivity contribution in [3.63, 3.8) is 0 Å². The van der Waals surface area contributed by atoms with E-state index in [0.29, 0.717) is 24.8 Å². The molecule has 1 aromatic carbocycles. The topological polar surface area (TPSA) is 64.1 Å². The van der Waals surface area contributed by atoms with E-state index in [2.05, 4.69) is 15.6 Å². The first kappa shape index (κ1) is 25.9. The van der Waals surface area contributed by atoms with E-state index >= 15 is 0 Å². The third-order valence-electron chi connectivity index (χ3n) is 4.45. The fourth-order valence-electron chi connectivity index (χ4n) is 2.86. The second-order valence-corrected chi connectivity index (χ2v) is 6.83. The van der Waals surface area contributed by atoms with Crippen molar-refractivity contribution >= 4 is 29.9 Å². The van der Waals surface area contributed by atoms with Crippen LogP contribution in [0.5, 0.6) is 5.75 Å². The van der Waals surface area contributed by atoms with Crippen molar-refractivity contribution in [1.29, 1.82) is 0 Å². The van der Waals surface area contributed by atoms with E-state index in [9.17, 15) is 4.39 Å². The van der Waals surface area contributed by atoms with Crippen molar-refractivity contribution in [3.8, 4) is 5.75 Å². The minimum Gasteiger partial charge on any atom is -0.494 e. The second-order valence-electron chi connectivity index (χ2n) is 6.83. The smallest absolute Gasteiger partial charge is 0.191 e. The highest BCUT2D eigenvalue weighted by molar-refractivity contribution is 14.0. The molecule has 0 radical (unpaired) electrons. The average molecular weight is 523 g/mol. The van der Waals surface area contributed by atoms with E-state index in [0.717, 1.165) is 71.2 Å². The van der Waals surface area contributed by atoms with Gasteiger partial charge in [-0.2, -0.15) is 0 Å². The summed E-state index contributed by atoms with van der Waals surface area (Å²) in [5.74, 6) is 1.88. The van der Waals surface area contributed by atoms with Crippen molar-refractivity contribution in [2.75, 3.05) is 52.7 Å². The van der Waals surface area contributed by atoms with E-state index in [-0.39, 0.29) is 29.8 Å². The van der Waals surface area contributed by atoms with Crippen molar-refractivity contribution in [2.24, 2.45) is 10.9 Å². The van der Waals surface area contributed by atoms with Crippen molar-refractivity contribution in [3.05, 3.63) is 30.1 Å². The molecule has 1 aromatic rings. The predicted molar refractivity (Wildman–Crippen MR) is 125 cm³/mol. The maximum atomic E-state index is 12.8. The summed E-state index contributed by atoms with van der Waals surface area (Å²) in [6, 6.07) is 6.06. The van der Waals surface area contributed by atoms with Gasteiger partial charge in [0.25, 0.3) is 0 Å². The summed E-state index contributed by atoms with van der Waals surface area (Å²) in [7, 11) is 0. The van der Waals surface area contributed by atoms with E-state index in [1.165, 1.54) is 12.1 Å². The Morgan fingerprint density at radius 3 is 2.62 bits per heavy atom. The maximum absolute atomic E-state index is 12.8. The Morgan fingerprint density at radius 2 is 1.90 bits per heavy atom. The van der Waals surface area contributed by atoms with Crippen LogP contribution in [-0.2, 0) is 9.47 Å². The predicted octanol–water partition coefficient (Wildman–Crippen LogP) is 3.60. The lowest BCUT2D eigenvalue weighted by Crippen LogP contribution is -2.38. The number of benzene rings is 1. The molecule has 29 heavy (non-hydrogen) atoms. The molecule has 2 rings (SSSR count). The SMILES string of the molecule is CCNC(=NCCCOc1ccc(F)cc1)NCCCOCC1CCOCC1.I. The van der Waals surface area contributed by atoms with Crippen molar-refractivity contribution < 1.29 is 18.6 Å². The molecule has 1 fully saturated rings. The summed E-state index contributed by atoms with van der Waals surface area (Å²) in [5, 5.41) is 6.57. The lowest BCUT2D eigenvalue weighted by Gasteiger charge is -2.21. The van der Waals surface area contributed by atoms with Gasteiger partial charge in [-0.15, -0.1) is 24.0 Å². The molecule has 8 heteroatoms. The number of hydrogen-bond acceptors (Lipinski definition) is 4. The lowest BCUT2D eigenvalue weighted by atomic mass is 10.0. The zero-order valence-electron chi connectivity index (χ0n) is 17.3. The maximum Gasteiger partial charge on any atom is 0.191 e. The standard InChI is InChI=1S/C21H34FN3O3.HI/c1-2-23-21(24-11-3-13-27-17-18-9-15-26-16-10-18)25-12-4-14-28-20-7-5-19(22)6-8-20;/h5-8,18H,2-4,9-17H2,1H3,(H2,23,24,25);1H. The Hall–Kier alpha value is -1.13. The number of nitrogens with zero attached hydrogens (tertiary/aromatic N) is 1. The van der Waals surface area contributed by atoms with E-state index in [4.69, 9.17) is 14.2 Å². The van der Waals surface area contributed by atoms with Crippen LogP contribution in [0.4, 0.5) is 4.39 Å². The van der Waals surface area contributed by atoms with Gasteiger partial charge in [-0.05, 0) is 56.4 Å². The number of rotatable bonds is 12. The van der Waals surface area contributed by atoms with Crippen LogP contribution in [0.25, 0.3) is 0 Å². The van der Waals surface area contributed by atoms with Crippen LogP contribution in [0, 0.1) is 11.7 Å². The Morgan fingerprint density at radius 1 is 1.14 bits per heavy atom. The number of guanidine groups is 1. The number of ether oxygens (including phenoxy) is 3. The second kappa shape index (κ2) is 16.6. The van der Waals surface area contributed by atoms with Gasteiger partial charge in [0.05, 0.1) is 6.61 Å². The molecule has 1 saturated heterocycles. The molecule has 1 heterocycles.